The third kappa shape index (κ3) is 13.3. The molecule has 0 aliphatic heterocycles. The molecule has 0 aliphatic carbocycles. The van der Waals surface area contributed by atoms with E-state index in [-0.39, 0.29) is 0 Å². The fourth-order valence-electron chi connectivity index (χ4n) is 0.932. The lowest BCUT2D eigenvalue weighted by molar-refractivity contribution is -0.109. The molecule has 0 fully saturated rings. The molecule has 0 saturated heterocycles. The van der Waals surface area contributed by atoms with Crippen LogP contribution in [0.25, 0.3) is 0 Å². The summed E-state index contributed by atoms with van der Waals surface area (Å²) in [6.07, 6.45) is 0.664. The van der Waals surface area contributed by atoms with Gasteiger partial charge in [-0.15, -0.1) is 0 Å². The summed E-state index contributed by atoms with van der Waals surface area (Å²) in [5.41, 5.74) is 0. The lowest BCUT2D eigenvalue weighted by Crippen LogP contribution is -2.27. The molecule has 0 heterocycles. The van der Waals surface area contributed by atoms with Crippen molar-refractivity contribution >= 4 is 6.41 Å². The largest absolute Gasteiger partial charge is 0.378 e. The standard InChI is InChI=1S/C10H22N2O3/c1-10(2)12-4-6-15-8-7-14-5-3-11-9-13/h9-10,12H,3-8H2,1-2H3,(H,11,13). The summed E-state index contributed by atoms with van der Waals surface area (Å²) in [5.74, 6) is 0. The number of carbonyl (C=O) groups is 1. The second-order valence-electron chi connectivity index (χ2n) is 3.41. The Hall–Kier alpha value is -0.650. The van der Waals surface area contributed by atoms with E-state index in [1.165, 1.54) is 0 Å². The lowest BCUT2D eigenvalue weighted by atomic mass is 10.4. The second-order valence-corrected chi connectivity index (χ2v) is 3.41. The molecule has 0 aromatic carbocycles. The van der Waals surface area contributed by atoms with Gasteiger partial charge in [0.15, 0.2) is 0 Å². The fraction of sp³-hybridized carbons (Fsp3) is 0.900. The third-order valence-electron chi connectivity index (χ3n) is 1.65. The molecule has 0 radical (unpaired) electrons. The topological polar surface area (TPSA) is 59.6 Å². The van der Waals surface area contributed by atoms with Crippen molar-refractivity contribution in [2.24, 2.45) is 0 Å². The van der Waals surface area contributed by atoms with Crippen molar-refractivity contribution in [1.29, 1.82) is 0 Å². The minimum atomic E-state index is 0.499. The monoisotopic (exact) mass is 218 g/mol. The van der Waals surface area contributed by atoms with Gasteiger partial charge in [-0.2, -0.15) is 0 Å². The summed E-state index contributed by atoms with van der Waals surface area (Å²) < 4.78 is 10.5. The van der Waals surface area contributed by atoms with Gasteiger partial charge in [0.05, 0.1) is 26.4 Å². The summed E-state index contributed by atoms with van der Waals surface area (Å²) in [7, 11) is 0. The molecule has 0 aromatic rings. The van der Waals surface area contributed by atoms with Gasteiger partial charge < -0.3 is 20.1 Å². The normalized spacial score (nSPS) is 10.6. The van der Waals surface area contributed by atoms with Crippen LogP contribution < -0.4 is 10.6 Å². The fourth-order valence-corrected chi connectivity index (χ4v) is 0.932. The highest BCUT2D eigenvalue weighted by Crippen LogP contribution is 1.79. The van der Waals surface area contributed by atoms with E-state index in [1.807, 2.05) is 0 Å². The zero-order chi connectivity index (χ0) is 11.4. The number of nitrogens with one attached hydrogen (secondary N) is 2. The zero-order valence-electron chi connectivity index (χ0n) is 9.62. The van der Waals surface area contributed by atoms with Gasteiger partial charge in [-0.05, 0) is 0 Å². The van der Waals surface area contributed by atoms with E-state index in [9.17, 15) is 4.79 Å². The smallest absolute Gasteiger partial charge is 0.207 e. The minimum absolute atomic E-state index is 0.499. The van der Waals surface area contributed by atoms with Crippen LogP contribution in [-0.4, -0.2) is 52.0 Å². The van der Waals surface area contributed by atoms with Crippen LogP contribution in [0.5, 0.6) is 0 Å². The summed E-state index contributed by atoms with van der Waals surface area (Å²) >= 11 is 0. The van der Waals surface area contributed by atoms with E-state index in [2.05, 4.69) is 24.5 Å². The Balaban J connectivity index is 2.89. The highest BCUT2D eigenvalue weighted by Gasteiger charge is 1.92. The first-order valence-corrected chi connectivity index (χ1v) is 5.33. The van der Waals surface area contributed by atoms with Gasteiger partial charge in [-0.1, -0.05) is 13.8 Å². The van der Waals surface area contributed by atoms with Crippen LogP contribution in [0.15, 0.2) is 0 Å². The van der Waals surface area contributed by atoms with Crippen molar-refractivity contribution in [1.82, 2.24) is 10.6 Å². The van der Waals surface area contributed by atoms with Crippen LogP contribution in [0.1, 0.15) is 13.8 Å². The van der Waals surface area contributed by atoms with Crippen molar-refractivity contribution in [2.45, 2.75) is 19.9 Å². The Morgan fingerprint density at radius 3 is 2.20 bits per heavy atom. The number of rotatable bonds is 11. The van der Waals surface area contributed by atoms with Gasteiger partial charge >= 0.3 is 0 Å². The molecule has 0 rings (SSSR count). The SMILES string of the molecule is CC(C)NCCOCCOCCNC=O. The molecular weight excluding hydrogens is 196 g/mol. The van der Waals surface area contributed by atoms with Gasteiger partial charge in [0.25, 0.3) is 0 Å². The molecule has 0 aromatic heterocycles. The Morgan fingerprint density at radius 1 is 1.07 bits per heavy atom. The van der Waals surface area contributed by atoms with Crippen LogP contribution in [0.4, 0.5) is 0 Å². The first kappa shape index (κ1) is 14.3. The number of hydrogen-bond acceptors (Lipinski definition) is 4. The van der Waals surface area contributed by atoms with E-state index in [1.54, 1.807) is 0 Å². The first-order valence-electron chi connectivity index (χ1n) is 5.33. The number of amides is 1. The van der Waals surface area contributed by atoms with E-state index in [0.717, 1.165) is 6.54 Å². The summed E-state index contributed by atoms with van der Waals surface area (Å²) in [5, 5.41) is 5.77. The van der Waals surface area contributed by atoms with Crippen LogP contribution in [0.3, 0.4) is 0 Å². The minimum Gasteiger partial charge on any atom is -0.378 e. The van der Waals surface area contributed by atoms with E-state index in [0.29, 0.717) is 45.4 Å². The van der Waals surface area contributed by atoms with Crippen LogP contribution in [0, 0.1) is 0 Å². The predicted octanol–water partition coefficient (Wildman–Crippen LogP) is -0.236. The summed E-state index contributed by atoms with van der Waals surface area (Å²) in [6.45, 7) is 8.03. The molecule has 0 aliphatic rings. The van der Waals surface area contributed by atoms with E-state index < -0.39 is 0 Å². The second kappa shape index (κ2) is 11.4. The molecule has 0 atom stereocenters. The van der Waals surface area contributed by atoms with Crippen LogP contribution >= 0.6 is 0 Å². The Labute approximate surface area is 91.5 Å². The van der Waals surface area contributed by atoms with Crippen molar-refractivity contribution in [3.8, 4) is 0 Å². The number of carbonyl (C=O) groups excluding carboxylic acids is 1. The molecule has 0 unspecified atom stereocenters. The number of ether oxygens (including phenoxy) is 2. The summed E-state index contributed by atoms with van der Waals surface area (Å²) in [4.78, 5) is 9.87. The molecule has 15 heavy (non-hydrogen) atoms. The van der Waals surface area contributed by atoms with Gasteiger partial charge in [0, 0.05) is 19.1 Å². The summed E-state index contributed by atoms with van der Waals surface area (Å²) in [6, 6.07) is 0.499. The lowest BCUT2D eigenvalue weighted by Gasteiger charge is -2.08. The quantitative estimate of drug-likeness (QED) is 0.371. The van der Waals surface area contributed by atoms with Crippen LogP contribution in [0.2, 0.25) is 0 Å². The number of hydrogen-bond donors (Lipinski definition) is 2. The molecule has 1 amide bonds. The highest BCUT2D eigenvalue weighted by atomic mass is 16.5. The van der Waals surface area contributed by atoms with Gasteiger partial charge in [-0.25, -0.2) is 0 Å². The van der Waals surface area contributed by atoms with Gasteiger partial charge in [-0.3, -0.25) is 4.79 Å². The maximum atomic E-state index is 9.87. The third-order valence-corrected chi connectivity index (χ3v) is 1.65. The highest BCUT2D eigenvalue weighted by molar-refractivity contribution is 5.45. The van der Waals surface area contributed by atoms with Gasteiger partial charge in [0.1, 0.15) is 0 Å². The molecule has 0 bridgehead atoms. The molecule has 5 nitrogen and oxygen atoms in total. The molecule has 0 spiro atoms. The zero-order valence-corrected chi connectivity index (χ0v) is 9.62. The average Bonchev–Trinajstić information content (AvgIpc) is 2.20. The predicted molar refractivity (Wildman–Crippen MR) is 58.8 cm³/mol. The molecule has 90 valence electrons. The van der Waals surface area contributed by atoms with Crippen molar-refractivity contribution in [3.05, 3.63) is 0 Å². The molecule has 0 saturated carbocycles. The maximum Gasteiger partial charge on any atom is 0.207 e. The van der Waals surface area contributed by atoms with Crippen molar-refractivity contribution in [2.75, 3.05) is 39.5 Å². The Kier molecular flexibility index (Phi) is 10.9. The average molecular weight is 218 g/mol. The molecule has 5 heteroatoms. The maximum absolute atomic E-state index is 9.87. The first-order chi connectivity index (χ1) is 7.27. The Morgan fingerprint density at radius 2 is 1.67 bits per heavy atom. The molecular formula is C10H22N2O3. The van der Waals surface area contributed by atoms with Crippen molar-refractivity contribution in [3.63, 3.8) is 0 Å². The molecule has 2 N–H and O–H groups in total. The van der Waals surface area contributed by atoms with Gasteiger partial charge in [0.2, 0.25) is 6.41 Å². The van der Waals surface area contributed by atoms with E-state index >= 15 is 0 Å². The van der Waals surface area contributed by atoms with E-state index in [4.69, 9.17) is 9.47 Å². The van der Waals surface area contributed by atoms with Crippen LogP contribution in [-0.2, 0) is 14.3 Å². The van der Waals surface area contributed by atoms with Crippen molar-refractivity contribution < 1.29 is 14.3 Å². The Bertz CT molecular complexity index is 143.